The van der Waals surface area contributed by atoms with E-state index in [-0.39, 0.29) is 17.8 Å². The number of nitriles is 1. The molecular weight excluding hydrogens is 262 g/mol. The summed E-state index contributed by atoms with van der Waals surface area (Å²) in [5, 5.41) is 28.5. The summed E-state index contributed by atoms with van der Waals surface area (Å²) in [4.78, 5) is 24.4. The highest BCUT2D eigenvalue weighted by molar-refractivity contribution is 6.19. The van der Waals surface area contributed by atoms with Gasteiger partial charge in [-0.25, -0.2) is 0 Å². The van der Waals surface area contributed by atoms with E-state index in [0.29, 0.717) is 0 Å². The maximum Gasteiger partial charge on any atom is 0.186 e. The molecule has 0 aromatic carbocycles. The Balaban J connectivity index is 1.91. The first-order chi connectivity index (χ1) is 9.23. The van der Waals surface area contributed by atoms with Gasteiger partial charge in [0.2, 0.25) is 0 Å². The summed E-state index contributed by atoms with van der Waals surface area (Å²) in [5.41, 5.74) is -2.59. The van der Waals surface area contributed by atoms with E-state index < -0.39 is 41.0 Å². The zero-order valence-electron chi connectivity index (χ0n) is 11.2. The van der Waals surface area contributed by atoms with E-state index in [1.54, 1.807) is 0 Å². The Kier molecular flexibility index (Phi) is 2.52. The van der Waals surface area contributed by atoms with Gasteiger partial charge in [0.15, 0.2) is 11.6 Å². The minimum atomic E-state index is -1.28. The van der Waals surface area contributed by atoms with Crippen LogP contribution in [0.5, 0.6) is 0 Å². The second-order valence-corrected chi connectivity index (χ2v) is 6.27. The van der Waals surface area contributed by atoms with Crippen LogP contribution in [0.3, 0.4) is 0 Å². The average Bonchev–Trinajstić information content (AvgIpc) is 2.73. The molecule has 2 fully saturated rings. The fraction of sp³-hybridized carbons (Fsp3) is 0.643. The first kappa shape index (κ1) is 13.4. The molecule has 0 spiro atoms. The van der Waals surface area contributed by atoms with Crippen LogP contribution < -0.4 is 0 Å². The lowest BCUT2D eigenvalue weighted by atomic mass is 9.69. The van der Waals surface area contributed by atoms with Gasteiger partial charge in [-0.1, -0.05) is 0 Å². The molecule has 5 unspecified atom stereocenters. The molecule has 2 N–H and O–H groups in total. The van der Waals surface area contributed by atoms with Crippen LogP contribution in [0.25, 0.3) is 0 Å². The van der Waals surface area contributed by atoms with Gasteiger partial charge >= 0.3 is 0 Å². The molecule has 3 rings (SSSR count). The summed E-state index contributed by atoms with van der Waals surface area (Å²) in [6.07, 6.45) is -0.710. The molecule has 2 aliphatic carbocycles. The van der Waals surface area contributed by atoms with E-state index >= 15 is 0 Å². The largest absolute Gasteiger partial charge is 0.387 e. The standard InChI is InChI=1S/C14H15NO5/c1-13(2)9(16)6(5-15)3-7(10(13)17)8-4-14(19)11(18)12(14)20-8/h3,7-8,11-12,18-19H,4H2,1-2H3. The van der Waals surface area contributed by atoms with Crippen LogP contribution >= 0.6 is 0 Å². The smallest absolute Gasteiger partial charge is 0.186 e. The highest BCUT2D eigenvalue weighted by atomic mass is 16.6. The van der Waals surface area contributed by atoms with Gasteiger partial charge in [-0.05, 0) is 19.9 Å². The van der Waals surface area contributed by atoms with Crippen molar-refractivity contribution in [1.82, 2.24) is 0 Å². The number of fused-ring (bicyclic) bond motifs is 1. The zero-order valence-corrected chi connectivity index (χ0v) is 11.2. The van der Waals surface area contributed by atoms with Crippen molar-refractivity contribution in [2.45, 2.75) is 44.2 Å². The Morgan fingerprint density at radius 2 is 2.10 bits per heavy atom. The lowest BCUT2D eigenvalue weighted by Crippen LogP contribution is -2.46. The number of hydrogen-bond donors (Lipinski definition) is 2. The fourth-order valence-corrected chi connectivity index (χ4v) is 3.13. The molecule has 0 aromatic heterocycles. The van der Waals surface area contributed by atoms with Crippen LogP contribution in [-0.4, -0.2) is 45.7 Å². The summed E-state index contributed by atoms with van der Waals surface area (Å²) < 4.78 is 5.50. The van der Waals surface area contributed by atoms with E-state index in [4.69, 9.17) is 10.00 Å². The molecule has 106 valence electrons. The Morgan fingerprint density at radius 1 is 1.45 bits per heavy atom. The van der Waals surface area contributed by atoms with Gasteiger partial charge < -0.3 is 14.9 Å². The van der Waals surface area contributed by atoms with Crippen LogP contribution in [0.2, 0.25) is 0 Å². The number of aliphatic hydroxyl groups excluding tert-OH is 1. The molecule has 1 saturated carbocycles. The maximum absolute atomic E-state index is 12.4. The number of allylic oxidation sites excluding steroid dienone is 1. The summed E-state index contributed by atoms with van der Waals surface area (Å²) in [5.74, 6) is -1.53. The molecule has 0 radical (unpaired) electrons. The molecule has 1 saturated heterocycles. The van der Waals surface area contributed by atoms with E-state index in [1.807, 2.05) is 6.07 Å². The molecule has 0 amide bonds. The van der Waals surface area contributed by atoms with Gasteiger partial charge in [0, 0.05) is 6.42 Å². The number of hydrogen-bond acceptors (Lipinski definition) is 6. The molecule has 6 nitrogen and oxygen atoms in total. The van der Waals surface area contributed by atoms with Crippen LogP contribution in [0.4, 0.5) is 0 Å². The van der Waals surface area contributed by atoms with Crippen molar-refractivity contribution in [3.63, 3.8) is 0 Å². The van der Waals surface area contributed by atoms with Crippen LogP contribution in [0.1, 0.15) is 20.3 Å². The Hall–Kier alpha value is -1.55. The minimum Gasteiger partial charge on any atom is -0.387 e. The lowest BCUT2D eigenvalue weighted by molar-refractivity contribution is -0.142. The van der Waals surface area contributed by atoms with E-state index in [1.165, 1.54) is 19.9 Å². The fourth-order valence-electron chi connectivity index (χ4n) is 3.13. The predicted octanol–water partition coefficient (Wildman–Crippen LogP) is -0.506. The molecule has 1 heterocycles. The van der Waals surface area contributed by atoms with Crippen LogP contribution in [0.15, 0.2) is 11.6 Å². The Morgan fingerprint density at radius 3 is 2.60 bits per heavy atom. The van der Waals surface area contributed by atoms with Crippen molar-refractivity contribution >= 4 is 11.6 Å². The highest BCUT2D eigenvalue weighted by Gasteiger charge is 2.72. The van der Waals surface area contributed by atoms with Crippen LogP contribution in [-0.2, 0) is 14.3 Å². The van der Waals surface area contributed by atoms with E-state index in [2.05, 4.69) is 0 Å². The van der Waals surface area contributed by atoms with Crippen molar-refractivity contribution in [1.29, 1.82) is 5.26 Å². The summed E-state index contributed by atoms with van der Waals surface area (Å²) in [7, 11) is 0. The summed E-state index contributed by atoms with van der Waals surface area (Å²) in [6.45, 7) is 2.99. The number of carbonyl (C=O) groups excluding carboxylic acids is 2. The number of Topliss-reactive ketones (excluding diaryl/α,β-unsaturated/α-hetero) is 2. The third-order valence-corrected chi connectivity index (χ3v) is 4.63. The van der Waals surface area contributed by atoms with Gasteiger partial charge in [0.05, 0.1) is 23.0 Å². The number of rotatable bonds is 1. The Bertz CT molecular complexity index is 587. The second-order valence-electron chi connectivity index (χ2n) is 6.27. The molecule has 5 atom stereocenters. The maximum atomic E-state index is 12.4. The minimum absolute atomic E-state index is 0.0451. The predicted molar refractivity (Wildman–Crippen MR) is 65.2 cm³/mol. The highest BCUT2D eigenvalue weighted by Crippen LogP contribution is 2.52. The molecule has 3 aliphatic rings. The van der Waals surface area contributed by atoms with Crippen LogP contribution in [0, 0.1) is 22.7 Å². The van der Waals surface area contributed by atoms with Gasteiger partial charge in [0.25, 0.3) is 0 Å². The van der Waals surface area contributed by atoms with Gasteiger partial charge in [-0.3, -0.25) is 9.59 Å². The summed E-state index contributed by atoms with van der Waals surface area (Å²) >= 11 is 0. The molecule has 20 heavy (non-hydrogen) atoms. The van der Waals surface area contributed by atoms with Crippen molar-refractivity contribution in [2.75, 3.05) is 0 Å². The number of ether oxygens (including phenoxy) is 1. The molecule has 1 aliphatic heterocycles. The van der Waals surface area contributed by atoms with Crippen molar-refractivity contribution in [2.24, 2.45) is 11.3 Å². The number of aliphatic hydroxyl groups is 2. The van der Waals surface area contributed by atoms with Gasteiger partial charge in [-0.2, -0.15) is 5.26 Å². The molecule has 6 heteroatoms. The number of ketones is 2. The second kappa shape index (κ2) is 3.76. The van der Waals surface area contributed by atoms with E-state index in [0.717, 1.165) is 0 Å². The SMILES string of the molecule is CC1(C)C(=O)C(C#N)=CC(C2CC3(O)C(O)C3O2)C1=O. The van der Waals surface area contributed by atoms with Crippen molar-refractivity contribution < 1.29 is 24.5 Å². The first-order valence-corrected chi connectivity index (χ1v) is 6.50. The quantitative estimate of drug-likeness (QED) is 0.625. The van der Waals surface area contributed by atoms with E-state index in [9.17, 15) is 19.8 Å². The Labute approximate surface area is 115 Å². The first-order valence-electron chi connectivity index (χ1n) is 6.50. The van der Waals surface area contributed by atoms with Gasteiger partial charge in [-0.15, -0.1) is 0 Å². The topological polar surface area (TPSA) is 108 Å². The average molecular weight is 277 g/mol. The lowest BCUT2D eigenvalue weighted by Gasteiger charge is -2.33. The number of nitrogens with zero attached hydrogens (tertiary/aromatic N) is 1. The van der Waals surface area contributed by atoms with Crippen molar-refractivity contribution in [3.8, 4) is 6.07 Å². The molecular formula is C14H15NO5. The normalized spacial score (nSPS) is 45.6. The zero-order chi connectivity index (χ0) is 14.9. The number of carbonyl (C=O) groups is 2. The van der Waals surface area contributed by atoms with Crippen molar-refractivity contribution in [3.05, 3.63) is 11.6 Å². The molecule has 0 aromatic rings. The van der Waals surface area contributed by atoms with Gasteiger partial charge in [0.1, 0.15) is 23.9 Å². The molecule has 0 bridgehead atoms. The third kappa shape index (κ3) is 1.48. The summed E-state index contributed by atoms with van der Waals surface area (Å²) in [6, 6.07) is 1.82. The monoisotopic (exact) mass is 277 g/mol. The third-order valence-electron chi connectivity index (χ3n) is 4.63.